The van der Waals surface area contributed by atoms with Crippen LogP contribution in [0.3, 0.4) is 0 Å². The number of benzene rings is 3. The van der Waals surface area contributed by atoms with Crippen molar-refractivity contribution >= 4 is 10.0 Å². The molecule has 0 amide bonds. The Kier molecular flexibility index (Phi) is 4.60. The zero-order valence-electron chi connectivity index (χ0n) is 13.4. The van der Waals surface area contributed by atoms with E-state index < -0.39 is 21.8 Å². The predicted molar refractivity (Wildman–Crippen MR) is 93.7 cm³/mol. The molecule has 3 aromatic carbocycles. The molecule has 3 rings (SSSR count). The van der Waals surface area contributed by atoms with Gasteiger partial charge in [0.05, 0.1) is 10.5 Å². The number of sulfonamides is 1. The Bertz CT molecular complexity index is 1030. The van der Waals surface area contributed by atoms with Crippen LogP contribution in [0.1, 0.15) is 5.56 Å². The van der Waals surface area contributed by atoms with E-state index in [1.807, 2.05) is 0 Å². The second-order valence-corrected chi connectivity index (χ2v) is 7.17. The minimum absolute atomic E-state index is 0.0610. The molecule has 0 bridgehead atoms. The SMILES string of the molecule is NS(=O)(=O)c1ccc(C(F)(F)F)c(-c2ccccc2)c1-c1ccccc1. The van der Waals surface area contributed by atoms with Gasteiger partial charge in [0.25, 0.3) is 0 Å². The molecule has 0 aliphatic heterocycles. The van der Waals surface area contributed by atoms with Gasteiger partial charge in [0, 0.05) is 11.1 Å². The van der Waals surface area contributed by atoms with Gasteiger partial charge >= 0.3 is 6.18 Å². The second kappa shape index (κ2) is 6.59. The van der Waals surface area contributed by atoms with Crippen molar-refractivity contribution < 1.29 is 21.6 Å². The minimum atomic E-state index is -4.66. The lowest BCUT2D eigenvalue weighted by molar-refractivity contribution is -0.137. The minimum Gasteiger partial charge on any atom is -0.225 e. The average Bonchev–Trinajstić information content (AvgIpc) is 2.60. The lowest BCUT2D eigenvalue weighted by Crippen LogP contribution is -2.16. The van der Waals surface area contributed by atoms with Gasteiger partial charge in [-0.3, -0.25) is 0 Å². The standard InChI is InChI=1S/C19H14F3NO2S/c20-19(21,22)15-11-12-16(26(23,24)25)18(14-9-5-2-6-10-14)17(15)13-7-3-1-4-8-13/h1-12H,(H2,23,24,25). The third kappa shape index (κ3) is 3.49. The molecule has 0 atom stereocenters. The number of hydrogen-bond donors (Lipinski definition) is 1. The van der Waals surface area contributed by atoms with Crippen LogP contribution >= 0.6 is 0 Å². The number of nitrogens with two attached hydrogens (primary N) is 1. The van der Waals surface area contributed by atoms with E-state index in [1.54, 1.807) is 48.5 Å². The summed E-state index contributed by atoms with van der Waals surface area (Å²) in [6, 6.07) is 17.6. The maximum Gasteiger partial charge on any atom is 0.417 e. The number of primary sulfonamides is 1. The lowest BCUT2D eigenvalue weighted by Gasteiger charge is -2.20. The van der Waals surface area contributed by atoms with E-state index in [9.17, 15) is 21.6 Å². The summed E-state index contributed by atoms with van der Waals surface area (Å²) in [5, 5.41) is 5.29. The molecule has 0 radical (unpaired) electrons. The molecule has 0 saturated carbocycles. The summed E-state index contributed by atoms with van der Waals surface area (Å²) in [6.45, 7) is 0. The maximum absolute atomic E-state index is 13.7. The summed E-state index contributed by atoms with van der Waals surface area (Å²) in [5.41, 5.74) is -0.606. The van der Waals surface area contributed by atoms with E-state index in [0.29, 0.717) is 5.56 Å². The summed E-state index contributed by atoms with van der Waals surface area (Å²) in [4.78, 5) is -0.351. The van der Waals surface area contributed by atoms with Crippen molar-refractivity contribution in [1.29, 1.82) is 0 Å². The molecule has 0 fully saturated rings. The summed E-state index contributed by atoms with van der Waals surface area (Å²) in [6.07, 6.45) is -4.66. The molecule has 0 spiro atoms. The largest absolute Gasteiger partial charge is 0.417 e. The van der Waals surface area contributed by atoms with E-state index in [4.69, 9.17) is 5.14 Å². The summed E-state index contributed by atoms with van der Waals surface area (Å²) < 4.78 is 65.2. The molecule has 3 aromatic rings. The molecule has 134 valence electrons. The van der Waals surface area contributed by atoms with Crippen molar-refractivity contribution in [2.24, 2.45) is 5.14 Å². The Morgan fingerprint density at radius 1 is 0.692 bits per heavy atom. The van der Waals surface area contributed by atoms with Gasteiger partial charge in [-0.15, -0.1) is 0 Å². The van der Waals surface area contributed by atoms with Crippen LogP contribution < -0.4 is 5.14 Å². The zero-order chi connectivity index (χ0) is 18.9. The first-order valence-electron chi connectivity index (χ1n) is 7.57. The van der Waals surface area contributed by atoms with Gasteiger partial charge in [-0.05, 0) is 23.3 Å². The summed E-state index contributed by atoms with van der Waals surface area (Å²) >= 11 is 0. The zero-order valence-corrected chi connectivity index (χ0v) is 14.2. The van der Waals surface area contributed by atoms with Crippen LogP contribution in [-0.2, 0) is 16.2 Å². The van der Waals surface area contributed by atoms with Gasteiger partial charge in [0.1, 0.15) is 0 Å². The number of hydrogen-bond acceptors (Lipinski definition) is 2. The van der Waals surface area contributed by atoms with E-state index in [1.165, 1.54) is 12.1 Å². The molecule has 7 heteroatoms. The fraction of sp³-hybridized carbons (Fsp3) is 0.0526. The highest BCUT2D eigenvalue weighted by Gasteiger charge is 2.36. The normalized spacial score (nSPS) is 12.2. The first-order chi connectivity index (χ1) is 12.2. The van der Waals surface area contributed by atoms with Crippen LogP contribution in [0.5, 0.6) is 0 Å². The Hall–Kier alpha value is -2.64. The highest BCUT2D eigenvalue weighted by Crippen LogP contribution is 2.45. The van der Waals surface area contributed by atoms with E-state index in [-0.39, 0.29) is 21.6 Å². The topological polar surface area (TPSA) is 60.2 Å². The van der Waals surface area contributed by atoms with Gasteiger partial charge in [0.2, 0.25) is 10.0 Å². The number of halogens is 3. The number of rotatable bonds is 3. The molecule has 0 unspecified atom stereocenters. The third-order valence-corrected chi connectivity index (χ3v) is 4.86. The van der Waals surface area contributed by atoms with Gasteiger partial charge in [-0.25, -0.2) is 13.6 Å². The van der Waals surface area contributed by atoms with E-state index in [2.05, 4.69) is 0 Å². The molecular weight excluding hydrogens is 363 g/mol. The second-order valence-electron chi connectivity index (χ2n) is 5.64. The fourth-order valence-corrected chi connectivity index (χ4v) is 3.62. The van der Waals surface area contributed by atoms with Crippen LogP contribution in [0.25, 0.3) is 22.3 Å². The van der Waals surface area contributed by atoms with Crippen LogP contribution in [0.2, 0.25) is 0 Å². The predicted octanol–water partition coefficient (Wildman–Crippen LogP) is 4.69. The van der Waals surface area contributed by atoms with Crippen molar-refractivity contribution in [2.75, 3.05) is 0 Å². The van der Waals surface area contributed by atoms with Crippen LogP contribution in [0.15, 0.2) is 77.7 Å². The Labute approximate surface area is 149 Å². The highest BCUT2D eigenvalue weighted by molar-refractivity contribution is 7.89. The molecule has 2 N–H and O–H groups in total. The Morgan fingerprint density at radius 3 is 1.58 bits per heavy atom. The number of alkyl halides is 3. The first kappa shape index (κ1) is 18.2. The molecule has 3 nitrogen and oxygen atoms in total. The van der Waals surface area contributed by atoms with Crippen LogP contribution in [-0.4, -0.2) is 8.42 Å². The third-order valence-electron chi connectivity index (χ3n) is 3.90. The molecule has 0 aromatic heterocycles. The first-order valence-corrected chi connectivity index (χ1v) is 9.12. The molecule has 0 aliphatic rings. The fourth-order valence-electron chi connectivity index (χ4n) is 2.85. The molecule has 0 saturated heterocycles. The van der Waals surface area contributed by atoms with Crippen molar-refractivity contribution in [3.05, 3.63) is 78.4 Å². The van der Waals surface area contributed by atoms with Gasteiger partial charge < -0.3 is 0 Å². The van der Waals surface area contributed by atoms with Crippen molar-refractivity contribution in [2.45, 2.75) is 11.1 Å². The highest BCUT2D eigenvalue weighted by atomic mass is 32.2. The maximum atomic E-state index is 13.7. The lowest BCUT2D eigenvalue weighted by atomic mass is 9.90. The molecule has 0 aliphatic carbocycles. The van der Waals surface area contributed by atoms with Gasteiger partial charge in [-0.1, -0.05) is 60.7 Å². The Morgan fingerprint density at radius 2 is 1.15 bits per heavy atom. The molecule has 26 heavy (non-hydrogen) atoms. The van der Waals surface area contributed by atoms with Crippen molar-refractivity contribution in [3.63, 3.8) is 0 Å². The van der Waals surface area contributed by atoms with Gasteiger partial charge in [0.15, 0.2) is 0 Å². The van der Waals surface area contributed by atoms with Crippen LogP contribution in [0.4, 0.5) is 13.2 Å². The molecular formula is C19H14F3NO2S. The summed E-state index contributed by atoms with van der Waals surface area (Å²) in [7, 11) is -4.24. The van der Waals surface area contributed by atoms with Crippen molar-refractivity contribution in [1.82, 2.24) is 0 Å². The summed E-state index contributed by atoms with van der Waals surface area (Å²) in [5.74, 6) is 0. The Balaban J connectivity index is 2.52. The van der Waals surface area contributed by atoms with E-state index in [0.717, 1.165) is 12.1 Å². The average molecular weight is 377 g/mol. The monoisotopic (exact) mass is 377 g/mol. The molecule has 0 heterocycles. The van der Waals surface area contributed by atoms with E-state index >= 15 is 0 Å². The van der Waals surface area contributed by atoms with Crippen LogP contribution in [0, 0.1) is 0 Å². The smallest absolute Gasteiger partial charge is 0.225 e. The van der Waals surface area contributed by atoms with Gasteiger partial charge in [-0.2, -0.15) is 13.2 Å². The quantitative estimate of drug-likeness (QED) is 0.720. The van der Waals surface area contributed by atoms with Crippen molar-refractivity contribution in [3.8, 4) is 22.3 Å².